The van der Waals surface area contributed by atoms with Crippen molar-refractivity contribution in [1.29, 1.82) is 0 Å². The lowest BCUT2D eigenvalue weighted by molar-refractivity contribution is -0.265. The number of allylic oxidation sites excluding steroid dienone is 5. The predicted octanol–water partition coefficient (Wildman–Crippen LogP) is 4.38. The number of aliphatic hydroxyl groups is 4. The minimum absolute atomic E-state index is 0.0280. The van der Waals surface area contributed by atoms with Crippen molar-refractivity contribution in [3.8, 4) is 0 Å². The molecule has 0 spiro atoms. The molecule has 0 aromatic carbocycles. The molecule has 3 amide bonds. The van der Waals surface area contributed by atoms with E-state index in [1.54, 1.807) is 48.0 Å². The number of alkyl carbamates (subject to hydrolysis) is 1. The van der Waals surface area contributed by atoms with E-state index >= 15 is 0 Å². The summed E-state index contributed by atoms with van der Waals surface area (Å²) in [7, 11) is 3.10. The highest BCUT2D eigenvalue weighted by atomic mass is 16.6. The van der Waals surface area contributed by atoms with Crippen LogP contribution in [0.25, 0.3) is 0 Å². The first-order valence-electron chi connectivity index (χ1n) is 31.2. The lowest BCUT2D eigenvalue weighted by atomic mass is 9.80. The van der Waals surface area contributed by atoms with Gasteiger partial charge in [-0.05, 0) is 121 Å². The number of carbonyl (C=O) groups is 6. The van der Waals surface area contributed by atoms with Crippen molar-refractivity contribution in [3.05, 3.63) is 47.6 Å². The molecule has 22 nitrogen and oxygen atoms in total. The van der Waals surface area contributed by atoms with Crippen molar-refractivity contribution in [2.75, 3.05) is 73.4 Å². The molecule has 4 heterocycles. The maximum atomic E-state index is 14.6. The van der Waals surface area contributed by atoms with Crippen LogP contribution in [-0.2, 0) is 57.1 Å². The fourth-order valence-corrected chi connectivity index (χ4v) is 12.4. The van der Waals surface area contributed by atoms with Crippen LogP contribution < -0.4 is 16.4 Å². The summed E-state index contributed by atoms with van der Waals surface area (Å²) in [5.74, 6) is -8.45. The fourth-order valence-electron chi connectivity index (χ4n) is 12.4. The molecule has 22 heteroatoms. The number of aliphatic hydroxyl groups excluding tert-OH is 3. The quantitative estimate of drug-likeness (QED) is 0.0488. The number of ether oxygens (including phenoxy) is 7. The molecule has 16 atom stereocenters. The lowest BCUT2D eigenvalue weighted by Gasteiger charge is -2.42. The molecule has 85 heavy (non-hydrogen) atoms. The molecule has 2 bridgehead atoms. The monoisotopic (exact) mass is 1200 g/mol. The van der Waals surface area contributed by atoms with Gasteiger partial charge in [-0.25, -0.2) is 9.59 Å². The Bertz CT molecular complexity index is 2270. The zero-order valence-corrected chi connectivity index (χ0v) is 52.0. The first-order valence-corrected chi connectivity index (χ1v) is 31.2. The second-order valence-corrected chi connectivity index (χ2v) is 24.5. The van der Waals surface area contributed by atoms with E-state index in [-0.39, 0.29) is 68.1 Å². The highest BCUT2D eigenvalue weighted by molar-refractivity contribution is 6.39. The van der Waals surface area contributed by atoms with Gasteiger partial charge in [0.2, 0.25) is 11.7 Å². The summed E-state index contributed by atoms with van der Waals surface area (Å²) in [5.41, 5.74) is 8.13. The number of piperidine rings is 2. The van der Waals surface area contributed by atoms with E-state index in [9.17, 15) is 49.2 Å². The van der Waals surface area contributed by atoms with Gasteiger partial charge in [0.05, 0.1) is 50.8 Å². The number of nitrogens with two attached hydrogens (primary N) is 1. The third kappa shape index (κ3) is 21.7. The van der Waals surface area contributed by atoms with E-state index < -0.39 is 114 Å². The van der Waals surface area contributed by atoms with E-state index in [4.69, 9.17) is 38.9 Å². The highest BCUT2D eigenvalue weighted by Crippen LogP contribution is 2.38. The molecule has 3 saturated heterocycles. The number of fused-ring (bicyclic) bond motifs is 3. The summed E-state index contributed by atoms with van der Waals surface area (Å²) in [5, 5.41) is 52.3. The van der Waals surface area contributed by atoms with E-state index in [0.717, 1.165) is 10.5 Å². The molecule has 482 valence electrons. The zero-order valence-electron chi connectivity index (χ0n) is 52.0. The summed E-state index contributed by atoms with van der Waals surface area (Å²) in [6, 6.07) is -2.26. The Kier molecular flexibility index (Phi) is 29.8. The average Bonchev–Trinajstić information content (AvgIpc) is 1.89. The summed E-state index contributed by atoms with van der Waals surface area (Å²) >= 11 is 0. The third-order valence-corrected chi connectivity index (χ3v) is 17.8. The Labute approximate surface area is 503 Å². The van der Waals surface area contributed by atoms with Crippen LogP contribution in [-0.4, -0.2) is 212 Å². The number of ketones is 2. The second kappa shape index (κ2) is 35.5. The number of Topliss-reactive ketones (excluding diaryl/α,β-unsaturated/α-hetero) is 2. The Morgan fingerprint density at radius 3 is 2.25 bits per heavy atom. The van der Waals surface area contributed by atoms with Crippen LogP contribution in [0.1, 0.15) is 138 Å². The van der Waals surface area contributed by atoms with Crippen LogP contribution in [0.3, 0.4) is 0 Å². The van der Waals surface area contributed by atoms with Gasteiger partial charge in [-0.1, -0.05) is 64.2 Å². The van der Waals surface area contributed by atoms with Gasteiger partial charge in [0.25, 0.3) is 11.7 Å². The topological polar surface area (TPSA) is 305 Å². The summed E-state index contributed by atoms with van der Waals surface area (Å²) in [6.07, 6.45) is 8.00. The zero-order chi connectivity index (χ0) is 62.4. The number of hydrogen-bond acceptors (Lipinski definition) is 19. The maximum absolute atomic E-state index is 14.6. The van der Waals surface area contributed by atoms with Gasteiger partial charge in [-0.3, -0.25) is 24.1 Å². The van der Waals surface area contributed by atoms with Gasteiger partial charge in [-0.15, -0.1) is 0 Å². The molecule has 5 rings (SSSR count). The molecule has 1 aliphatic carbocycles. The SMILES string of the molecule is CCOCCOCCNC(=O)CN1CCC(NC(=O)O[C@@H]2CC[C@@H](C[C@@H](N)[C@@H]3C[C@@H](O)[C@H](C)/C=C(\C)[C@@H](O)[C@@H](O)C(=O)[C@H](C)C[C@H](C)/C=C/C=C/C=C(\C)[C@@H](OC)C[C@@H]4CC[C@@H](C)[C@@](O)(O4)C(=O)C(=O)N4CCCC[C@H]4C(=O)O3)C[C@H]2OC)CC1. The molecule has 0 unspecified atom stereocenters. The van der Waals surface area contributed by atoms with Gasteiger partial charge in [0, 0.05) is 89.7 Å². The van der Waals surface area contributed by atoms with E-state index in [1.807, 2.05) is 56.1 Å². The molecule has 4 fully saturated rings. The number of likely N-dealkylation sites (tertiary alicyclic amines) is 1. The van der Waals surface area contributed by atoms with Crippen LogP contribution >= 0.6 is 0 Å². The Hall–Kier alpha value is -4.46. The summed E-state index contributed by atoms with van der Waals surface area (Å²) < 4.78 is 40.9. The number of carbonyl (C=O) groups excluding carboxylic acids is 6. The Morgan fingerprint density at radius 2 is 1.54 bits per heavy atom. The van der Waals surface area contributed by atoms with E-state index in [1.165, 1.54) is 0 Å². The summed E-state index contributed by atoms with van der Waals surface area (Å²) in [4.78, 5) is 86.0. The Morgan fingerprint density at radius 1 is 0.812 bits per heavy atom. The van der Waals surface area contributed by atoms with E-state index in [2.05, 4.69) is 10.6 Å². The highest BCUT2D eigenvalue weighted by Gasteiger charge is 2.53. The van der Waals surface area contributed by atoms with Crippen molar-refractivity contribution in [2.45, 2.75) is 211 Å². The normalized spacial score (nSPS) is 35.9. The number of esters is 1. The van der Waals surface area contributed by atoms with Gasteiger partial charge in [-0.2, -0.15) is 0 Å². The van der Waals surface area contributed by atoms with Gasteiger partial charge >= 0.3 is 12.1 Å². The minimum Gasteiger partial charge on any atom is -0.459 e. The van der Waals surface area contributed by atoms with Crippen LogP contribution in [0, 0.1) is 29.6 Å². The van der Waals surface area contributed by atoms with Crippen LogP contribution in [0.5, 0.6) is 0 Å². The van der Waals surface area contributed by atoms with Gasteiger partial charge in [0.15, 0.2) is 5.78 Å². The van der Waals surface area contributed by atoms with Crippen LogP contribution in [0.15, 0.2) is 47.6 Å². The number of hydrogen-bond donors (Lipinski definition) is 7. The number of rotatable bonds is 16. The molecule has 0 aromatic heterocycles. The van der Waals surface area contributed by atoms with Crippen LogP contribution in [0.2, 0.25) is 0 Å². The van der Waals surface area contributed by atoms with Crippen molar-refractivity contribution < 1.29 is 82.4 Å². The van der Waals surface area contributed by atoms with Crippen molar-refractivity contribution in [2.24, 2.45) is 35.3 Å². The first-order chi connectivity index (χ1) is 40.5. The standard InChI is InChI=1S/C63H103N5O17/c1-10-81-30-31-82-29-25-65-55(70)38-67-27-23-46(24-28-67)66-62(77)84-51-22-20-45(35-54(51)80-9)34-48(64)53-37-50(69)41(4)33-43(6)57(72)58(73)56(71)42(5)32-39(2)16-12-11-13-17-40(3)52(79-8)36-47-21-19-44(7)63(78,85-47)59(74)60(75)68-26-15-14-18-49(68)61(76)83-53/h11-13,16-17,33,39,41-42,44-54,57-58,69,72-73,78H,10,14-15,18-32,34-38,64H2,1-9H3,(H,65,70)(H,66,77)/b13-11+,16-12+,40-17+,43-33+/t39-,41-,42-,44-,45+,47+,48-,49+,50-,51-,52+,53+,54-,57-,58+,63-/m1/s1. The molecule has 5 aliphatic rings. The molecule has 8 N–H and O–H groups in total. The molecule has 0 aromatic rings. The first kappa shape index (κ1) is 71.3. The molecular weight excluding hydrogens is 1100 g/mol. The predicted molar refractivity (Wildman–Crippen MR) is 317 cm³/mol. The molecule has 4 aliphatic heterocycles. The van der Waals surface area contributed by atoms with Gasteiger partial charge < -0.3 is 74.9 Å². The maximum Gasteiger partial charge on any atom is 0.407 e. The van der Waals surface area contributed by atoms with Crippen LogP contribution in [0.4, 0.5) is 4.79 Å². The number of amides is 3. The molecular formula is C63H103N5O17. The average molecular weight is 1200 g/mol. The summed E-state index contributed by atoms with van der Waals surface area (Å²) in [6.45, 7) is 16.3. The largest absolute Gasteiger partial charge is 0.459 e. The number of methoxy groups -OCH3 is 2. The molecule has 0 radical (unpaired) electrons. The number of nitrogens with zero attached hydrogens (tertiary/aromatic N) is 2. The second-order valence-electron chi connectivity index (χ2n) is 24.5. The van der Waals surface area contributed by atoms with Gasteiger partial charge in [0.1, 0.15) is 30.5 Å². The smallest absolute Gasteiger partial charge is 0.407 e. The van der Waals surface area contributed by atoms with Crippen molar-refractivity contribution in [3.63, 3.8) is 0 Å². The fraction of sp³-hybridized carbons (Fsp3) is 0.778. The number of nitrogens with one attached hydrogen (secondary N) is 2. The third-order valence-electron chi connectivity index (χ3n) is 17.8. The van der Waals surface area contributed by atoms with Crippen molar-refractivity contribution in [1.82, 2.24) is 20.4 Å². The lowest BCUT2D eigenvalue weighted by Crippen LogP contribution is -2.61. The Balaban J connectivity index is 1.29. The van der Waals surface area contributed by atoms with Crippen molar-refractivity contribution >= 4 is 35.4 Å². The number of cyclic esters (lactones) is 1. The van der Waals surface area contributed by atoms with E-state index in [0.29, 0.717) is 110 Å². The minimum atomic E-state index is -2.48. The molecule has 1 saturated carbocycles.